The van der Waals surface area contributed by atoms with E-state index < -0.39 is 8.32 Å². The lowest BCUT2D eigenvalue weighted by Gasteiger charge is -2.36. The minimum absolute atomic E-state index is 0.262. The smallest absolute Gasteiger partial charge is 0.191 e. The Kier molecular flexibility index (Phi) is 5.54. The van der Waals surface area contributed by atoms with Gasteiger partial charge in [0.1, 0.15) is 0 Å². The molecule has 0 aliphatic carbocycles. The second kappa shape index (κ2) is 7.57. The standard InChI is InChI=1S/C24H31NOSi/c1-18-7-9-23(17-25-18)22-12-11-20-15-19(8-10-21(20)16-22)13-14-26-27(5,6)24(2,3)4/h7-12,15-17H,13-14H2,1-6H3. The summed E-state index contributed by atoms with van der Waals surface area (Å²) in [4.78, 5) is 4.41. The van der Waals surface area contributed by atoms with Gasteiger partial charge in [-0.05, 0) is 65.5 Å². The van der Waals surface area contributed by atoms with E-state index >= 15 is 0 Å². The lowest BCUT2D eigenvalue weighted by atomic mass is 10.00. The molecule has 27 heavy (non-hydrogen) atoms. The summed E-state index contributed by atoms with van der Waals surface area (Å²) >= 11 is 0. The Morgan fingerprint density at radius 2 is 1.56 bits per heavy atom. The van der Waals surface area contributed by atoms with E-state index in [2.05, 4.69) is 87.4 Å². The minimum atomic E-state index is -1.67. The fraction of sp³-hybridized carbons (Fsp3) is 0.375. The van der Waals surface area contributed by atoms with Crippen molar-refractivity contribution in [2.45, 2.75) is 52.2 Å². The van der Waals surface area contributed by atoms with Crippen LogP contribution in [0.25, 0.3) is 21.9 Å². The largest absolute Gasteiger partial charge is 0.416 e. The molecule has 0 aliphatic heterocycles. The fourth-order valence-corrected chi connectivity index (χ4v) is 3.95. The first-order chi connectivity index (χ1) is 12.7. The van der Waals surface area contributed by atoms with Crippen molar-refractivity contribution in [1.82, 2.24) is 4.98 Å². The molecule has 3 aromatic rings. The summed E-state index contributed by atoms with van der Waals surface area (Å²) in [5.41, 5.74) is 4.76. The van der Waals surface area contributed by atoms with Gasteiger partial charge in [0.25, 0.3) is 0 Å². The summed E-state index contributed by atoms with van der Waals surface area (Å²) in [6.07, 6.45) is 2.91. The van der Waals surface area contributed by atoms with E-state index in [1.165, 1.54) is 21.9 Å². The molecule has 1 aromatic heterocycles. The highest BCUT2D eigenvalue weighted by atomic mass is 28.4. The lowest BCUT2D eigenvalue weighted by Crippen LogP contribution is -2.41. The molecule has 0 amide bonds. The quantitative estimate of drug-likeness (QED) is 0.457. The van der Waals surface area contributed by atoms with Crippen LogP contribution in [0.3, 0.4) is 0 Å². The Bertz CT molecular complexity index is 923. The highest BCUT2D eigenvalue weighted by molar-refractivity contribution is 6.74. The Hall–Kier alpha value is -1.97. The van der Waals surface area contributed by atoms with Gasteiger partial charge in [-0.25, -0.2) is 0 Å². The van der Waals surface area contributed by atoms with Crippen LogP contribution in [0.4, 0.5) is 0 Å². The summed E-state index contributed by atoms with van der Waals surface area (Å²) < 4.78 is 6.33. The SMILES string of the molecule is Cc1ccc(-c2ccc3cc(CCO[Si](C)(C)C(C)(C)C)ccc3c2)cn1. The normalized spacial score (nSPS) is 12.5. The van der Waals surface area contributed by atoms with Gasteiger partial charge in [0.15, 0.2) is 8.32 Å². The van der Waals surface area contributed by atoms with Crippen molar-refractivity contribution >= 4 is 19.1 Å². The van der Waals surface area contributed by atoms with E-state index in [1.807, 2.05) is 13.1 Å². The van der Waals surface area contributed by atoms with Gasteiger partial charge in [-0.15, -0.1) is 0 Å². The van der Waals surface area contributed by atoms with Gasteiger partial charge in [-0.3, -0.25) is 4.98 Å². The first-order valence-corrected chi connectivity index (χ1v) is 12.7. The van der Waals surface area contributed by atoms with Gasteiger partial charge >= 0.3 is 0 Å². The van der Waals surface area contributed by atoms with Crippen molar-refractivity contribution in [1.29, 1.82) is 0 Å². The van der Waals surface area contributed by atoms with Crippen LogP contribution in [0.2, 0.25) is 18.1 Å². The summed E-state index contributed by atoms with van der Waals surface area (Å²) in [7, 11) is -1.67. The van der Waals surface area contributed by atoms with Gasteiger partial charge in [0, 0.05) is 24.1 Å². The molecule has 0 N–H and O–H groups in total. The molecule has 2 aromatic carbocycles. The summed E-state index contributed by atoms with van der Waals surface area (Å²) in [6.45, 7) is 14.3. The fourth-order valence-electron chi connectivity index (χ4n) is 2.91. The van der Waals surface area contributed by atoms with Crippen molar-refractivity contribution in [2.75, 3.05) is 6.61 Å². The zero-order chi connectivity index (χ0) is 19.7. The number of hydrogen-bond donors (Lipinski definition) is 0. The summed E-state index contributed by atoms with van der Waals surface area (Å²) in [5, 5.41) is 2.81. The number of rotatable bonds is 5. The molecule has 3 rings (SSSR count). The van der Waals surface area contributed by atoms with Crippen LogP contribution in [-0.4, -0.2) is 19.9 Å². The zero-order valence-electron chi connectivity index (χ0n) is 17.5. The van der Waals surface area contributed by atoms with Gasteiger partial charge < -0.3 is 4.43 Å². The maximum atomic E-state index is 6.33. The van der Waals surface area contributed by atoms with Crippen LogP contribution >= 0.6 is 0 Å². The lowest BCUT2D eigenvalue weighted by molar-refractivity contribution is 0.292. The van der Waals surface area contributed by atoms with E-state index in [0.29, 0.717) is 0 Å². The van der Waals surface area contributed by atoms with Gasteiger partial charge in [-0.2, -0.15) is 0 Å². The third-order valence-electron chi connectivity index (χ3n) is 5.81. The molecule has 142 valence electrons. The zero-order valence-corrected chi connectivity index (χ0v) is 18.5. The number of aromatic nitrogens is 1. The molecule has 0 saturated heterocycles. The van der Waals surface area contributed by atoms with E-state index in [4.69, 9.17) is 4.43 Å². The Balaban J connectivity index is 1.73. The molecule has 1 heterocycles. The number of hydrogen-bond acceptors (Lipinski definition) is 2. The van der Waals surface area contributed by atoms with E-state index in [9.17, 15) is 0 Å². The Morgan fingerprint density at radius 1 is 0.889 bits per heavy atom. The Labute approximate surface area is 164 Å². The van der Waals surface area contributed by atoms with Crippen molar-refractivity contribution in [3.8, 4) is 11.1 Å². The van der Waals surface area contributed by atoms with Crippen LogP contribution in [0.15, 0.2) is 54.7 Å². The van der Waals surface area contributed by atoms with Crippen LogP contribution < -0.4 is 0 Å². The molecular formula is C24H31NOSi. The molecule has 0 aliphatic rings. The van der Waals surface area contributed by atoms with Gasteiger partial charge in [-0.1, -0.05) is 57.2 Å². The maximum Gasteiger partial charge on any atom is 0.191 e. The number of nitrogens with zero attached hydrogens (tertiary/aromatic N) is 1. The number of fused-ring (bicyclic) bond motifs is 1. The van der Waals surface area contributed by atoms with Crippen LogP contribution in [-0.2, 0) is 10.8 Å². The average molecular weight is 378 g/mol. The monoisotopic (exact) mass is 377 g/mol. The minimum Gasteiger partial charge on any atom is -0.416 e. The topological polar surface area (TPSA) is 22.1 Å². The molecule has 0 radical (unpaired) electrons. The van der Waals surface area contributed by atoms with E-state index in [-0.39, 0.29) is 5.04 Å². The highest BCUT2D eigenvalue weighted by Gasteiger charge is 2.36. The van der Waals surface area contributed by atoms with Crippen molar-refractivity contribution in [3.05, 3.63) is 66.0 Å². The molecule has 0 fully saturated rings. The molecule has 0 spiro atoms. The van der Waals surface area contributed by atoms with Crippen molar-refractivity contribution in [3.63, 3.8) is 0 Å². The second-order valence-corrected chi connectivity index (χ2v) is 13.8. The van der Waals surface area contributed by atoms with E-state index in [1.54, 1.807) is 0 Å². The number of pyridine rings is 1. The number of benzene rings is 2. The third-order valence-corrected chi connectivity index (χ3v) is 10.3. The first kappa shape index (κ1) is 19.8. The molecule has 0 atom stereocenters. The van der Waals surface area contributed by atoms with Crippen molar-refractivity contribution in [2.24, 2.45) is 0 Å². The predicted octanol–water partition coefficient (Wildman–Crippen LogP) is 6.77. The molecular weight excluding hydrogens is 346 g/mol. The highest BCUT2D eigenvalue weighted by Crippen LogP contribution is 2.36. The maximum absolute atomic E-state index is 6.33. The average Bonchev–Trinajstić information content (AvgIpc) is 2.61. The molecule has 0 bridgehead atoms. The van der Waals surface area contributed by atoms with Gasteiger partial charge in [0.2, 0.25) is 0 Å². The van der Waals surface area contributed by atoms with E-state index in [0.717, 1.165) is 24.3 Å². The predicted molar refractivity (Wildman–Crippen MR) is 119 cm³/mol. The number of aryl methyl sites for hydroxylation is 1. The molecule has 2 nitrogen and oxygen atoms in total. The third kappa shape index (κ3) is 4.66. The van der Waals surface area contributed by atoms with Crippen LogP contribution in [0.1, 0.15) is 32.0 Å². The van der Waals surface area contributed by atoms with Gasteiger partial charge in [0.05, 0.1) is 0 Å². The first-order valence-electron chi connectivity index (χ1n) is 9.75. The molecule has 0 saturated carbocycles. The molecule has 3 heteroatoms. The van der Waals surface area contributed by atoms with Crippen LogP contribution in [0, 0.1) is 6.92 Å². The summed E-state index contributed by atoms with van der Waals surface area (Å²) in [6, 6.07) is 17.6. The van der Waals surface area contributed by atoms with Crippen LogP contribution in [0.5, 0.6) is 0 Å². The molecule has 0 unspecified atom stereocenters. The van der Waals surface area contributed by atoms with Crippen molar-refractivity contribution < 1.29 is 4.43 Å². The summed E-state index contributed by atoms with van der Waals surface area (Å²) in [5.74, 6) is 0. The Morgan fingerprint density at radius 3 is 2.22 bits per heavy atom. The second-order valence-electron chi connectivity index (χ2n) is 8.94.